The van der Waals surface area contributed by atoms with Crippen molar-refractivity contribution in [3.63, 3.8) is 0 Å². The van der Waals surface area contributed by atoms with Crippen LogP contribution >= 0.6 is 23.7 Å². The van der Waals surface area contributed by atoms with Crippen LogP contribution in [0.4, 0.5) is 0 Å². The molecule has 0 aliphatic rings. The number of carbonyl (C=O) groups is 1. The lowest BCUT2D eigenvalue weighted by Gasteiger charge is -2.22. The Balaban J connectivity index is 0.00000261. The van der Waals surface area contributed by atoms with Gasteiger partial charge in [-0.05, 0) is 29.1 Å². The molecule has 3 aromatic rings. The molecule has 2 aromatic carbocycles. The number of hydrogen-bond donors (Lipinski definition) is 1. The number of amides is 1. The van der Waals surface area contributed by atoms with E-state index in [-0.39, 0.29) is 18.3 Å². The number of halogens is 1. The lowest BCUT2D eigenvalue weighted by molar-refractivity contribution is 0.0745. The van der Waals surface area contributed by atoms with Gasteiger partial charge < -0.3 is 15.4 Å². The molecular formula is C21H23ClN2O2S. The van der Waals surface area contributed by atoms with Crippen molar-refractivity contribution in [3.8, 4) is 5.75 Å². The second-order valence-corrected chi connectivity index (χ2v) is 6.90. The first-order chi connectivity index (χ1) is 12.8. The Hall–Kier alpha value is -2.34. The highest BCUT2D eigenvalue weighted by Gasteiger charge is 2.19. The number of para-hydroxylation sites is 1. The van der Waals surface area contributed by atoms with Crippen molar-refractivity contribution in [2.24, 2.45) is 5.73 Å². The van der Waals surface area contributed by atoms with E-state index < -0.39 is 0 Å². The summed E-state index contributed by atoms with van der Waals surface area (Å²) >= 11 is 1.64. The zero-order valence-electron chi connectivity index (χ0n) is 14.9. The summed E-state index contributed by atoms with van der Waals surface area (Å²) in [7, 11) is 0. The van der Waals surface area contributed by atoms with Gasteiger partial charge in [-0.25, -0.2) is 0 Å². The molecule has 1 aromatic heterocycles. The number of rotatable bonds is 8. The Morgan fingerprint density at radius 3 is 2.44 bits per heavy atom. The topological polar surface area (TPSA) is 55.6 Å². The molecule has 0 spiro atoms. The number of thiophene rings is 1. The van der Waals surface area contributed by atoms with Crippen LogP contribution in [0.2, 0.25) is 0 Å². The summed E-state index contributed by atoms with van der Waals surface area (Å²) < 4.78 is 5.93. The molecule has 0 bridgehead atoms. The maximum absolute atomic E-state index is 13.1. The van der Waals surface area contributed by atoms with Crippen molar-refractivity contribution in [1.29, 1.82) is 0 Å². The van der Waals surface area contributed by atoms with E-state index in [1.165, 1.54) is 0 Å². The zero-order valence-corrected chi connectivity index (χ0v) is 16.5. The van der Waals surface area contributed by atoms with Gasteiger partial charge in [0.05, 0.1) is 12.1 Å². The van der Waals surface area contributed by atoms with Crippen molar-refractivity contribution < 1.29 is 9.53 Å². The zero-order chi connectivity index (χ0) is 18.2. The summed E-state index contributed by atoms with van der Waals surface area (Å²) in [6, 6.07) is 21.3. The van der Waals surface area contributed by atoms with E-state index in [1.807, 2.05) is 66.0 Å². The van der Waals surface area contributed by atoms with Crippen molar-refractivity contribution in [1.82, 2.24) is 4.90 Å². The molecule has 0 fully saturated rings. The molecule has 27 heavy (non-hydrogen) atoms. The summed E-state index contributed by atoms with van der Waals surface area (Å²) in [5.41, 5.74) is 7.35. The quantitative estimate of drug-likeness (QED) is 0.609. The predicted octanol–water partition coefficient (Wildman–Crippen LogP) is 4.35. The molecule has 1 amide bonds. The van der Waals surface area contributed by atoms with E-state index >= 15 is 0 Å². The van der Waals surface area contributed by atoms with Gasteiger partial charge in [0, 0.05) is 18.0 Å². The van der Waals surface area contributed by atoms with Crippen LogP contribution in [-0.2, 0) is 13.2 Å². The summed E-state index contributed by atoms with van der Waals surface area (Å²) in [6.45, 7) is 1.90. The van der Waals surface area contributed by atoms with E-state index in [0.717, 1.165) is 10.4 Å². The predicted molar refractivity (Wildman–Crippen MR) is 113 cm³/mol. The molecule has 142 valence electrons. The van der Waals surface area contributed by atoms with Crippen LogP contribution in [0, 0.1) is 0 Å². The fraction of sp³-hybridized carbons (Fsp3) is 0.190. The SMILES string of the molecule is Cl.NCCN(Cc1cccs1)C(=O)c1ccccc1OCc1ccccc1. The van der Waals surface area contributed by atoms with Gasteiger partial charge in [0.2, 0.25) is 0 Å². The summed E-state index contributed by atoms with van der Waals surface area (Å²) in [5.74, 6) is 0.530. The number of hydrogen-bond acceptors (Lipinski definition) is 4. The number of nitrogens with two attached hydrogens (primary N) is 1. The summed E-state index contributed by atoms with van der Waals surface area (Å²) in [4.78, 5) is 16.0. The van der Waals surface area contributed by atoms with Gasteiger partial charge in [0.15, 0.2) is 0 Å². The standard InChI is InChI=1S/C21H22N2O2S.ClH/c22-12-13-23(15-18-9-6-14-26-18)21(24)19-10-4-5-11-20(19)25-16-17-7-2-1-3-8-17;/h1-11,14H,12-13,15-16,22H2;1H. The van der Waals surface area contributed by atoms with E-state index in [2.05, 4.69) is 0 Å². The smallest absolute Gasteiger partial charge is 0.257 e. The van der Waals surface area contributed by atoms with Crippen molar-refractivity contribution >= 4 is 29.7 Å². The molecular weight excluding hydrogens is 380 g/mol. The maximum Gasteiger partial charge on any atom is 0.257 e. The van der Waals surface area contributed by atoms with E-state index in [9.17, 15) is 4.79 Å². The van der Waals surface area contributed by atoms with Crippen LogP contribution in [0.5, 0.6) is 5.75 Å². The molecule has 0 saturated heterocycles. The van der Waals surface area contributed by atoms with E-state index in [4.69, 9.17) is 10.5 Å². The van der Waals surface area contributed by atoms with Crippen LogP contribution in [0.15, 0.2) is 72.1 Å². The van der Waals surface area contributed by atoms with Crippen LogP contribution in [0.1, 0.15) is 20.8 Å². The highest BCUT2D eigenvalue weighted by molar-refractivity contribution is 7.09. The second-order valence-electron chi connectivity index (χ2n) is 5.87. The number of benzene rings is 2. The first kappa shape index (κ1) is 21.0. The first-order valence-corrected chi connectivity index (χ1v) is 9.43. The normalized spacial score (nSPS) is 10.1. The molecule has 3 rings (SSSR count). The Kier molecular flexibility index (Phi) is 8.33. The monoisotopic (exact) mass is 402 g/mol. The highest BCUT2D eigenvalue weighted by Crippen LogP contribution is 2.23. The lowest BCUT2D eigenvalue weighted by atomic mass is 10.1. The average molecular weight is 403 g/mol. The molecule has 0 aliphatic heterocycles. The molecule has 4 nitrogen and oxygen atoms in total. The summed E-state index contributed by atoms with van der Waals surface area (Å²) in [5, 5.41) is 2.01. The van der Waals surface area contributed by atoms with Crippen LogP contribution < -0.4 is 10.5 Å². The van der Waals surface area contributed by atoms with Crippen LogP contribution in [-0.4, -0.2) is 23.9 Å². The third kappa shape index (κ3) is 5.82. The molecule has 0 unspecified atom stereocenters. The minimum Gasteiger partial charge on any atom is -0.488 e. The average Bonchev–Trinajstić information content (AvgIpc) is 3.20. The van der Waals surface area contributed by atoms with Gasteiger partial charge in [-0.3, -0.25) is 4.79 Å². The van der Waals surface area contributed by atoms with Crippen LogP contribution in [0.3, 0.4) is 0 Å². The Morgan fingerprint density at radius 2 is 1.74 bits per heavy atom. The van der Waals surface area contributed by atoms with Gasteiger partial charge in [-0.2, -0.15) is 0 Å². The third-order valence-corrected chi connectivity index (χ3v) is 4.83. The minimum absolute atomic E-state index is 0. The van der Waals surface area contributed by atoms with Gasteiger partial charge in [-0.1, -0.05) is 48.5 Å². The van der Waals surface area contributed by atoms with Crippen LogP contribution in [0.25, 0.3) is 0 Å². The number of nitrogens with zero attached hydrogens (tertiary/aromatic N) is 1. The number of carbonyl (C=O) groups excluding carboxylic acids is 1. The fourth-order valence-electron chi connectivity index (χ4n) is 2.67. The fourth-order valence-corrected chi connectivity index (χ4v) is 3.39. The molecule has 1 heterocycles. The molecule has 0 radical (unpaired) electrons. The highest BCUT2D eigenvalue weighted by atomic mass is 35.5. The van der Waals surface area contributed by atoms with Gasteiger partial charge in [-0.15, -0.1) is 23.7 Å². The minimum atomic E-state index is -0.0625. The first-order valence-electron chi connectivity index (χ1n) is 8.55. The Morgan fingerprint density at radius 1 is 1.00 bits per heavy atom. The molecule has 0 saturated carbocycles. The Bertz CT molecular complexity index is 825. The molecule has 6 heteroatoms. The maximum atomic E-state index is 13.1. The van der Waals surface area contributed by atoms with Crippen molar-refractivity contribution in [2.75, 3.05) is 13.1 Å². The molecule has 0 aliphatic carbocycles. The second kappa shape index (κ2) is 10.7. The molecule has 0 atom stereocenters. The Labute approximate surface area is 170 Å². The van der Waals surface area contributed by atoms with Gasteiger partial charge in [0.25, 0.3) is 5.91 Å². The lowest BCUT2D eigenvalue weighted by Crippen LogP contribution is -2.34. The van der Waals surface area contributed by atoms with E-state index in [0.29, 0.717) is 37.6 Å². The van der Waals surface area contributed by atoms with Crippen molar-refractivity contribution in [3.05, 3.63) is 88.1 Å². The number of ether oxygens (including phenoxy) is 1. The van der Waals surface area contributed by atoms with Gasteiger partial charge in [0.1, 0.15) is 12.4 Å². The largest absolute Gasteiger partial charge is 0.488 e. The molecule has 2 N–H and O–H groups in total. The summed E-state index contributed by atoms with van der Waals surface area (Å²) in [6.07, 6.45) is 0. The van der Waals surface area contributed by atoms with E-state index in [1.54, 1.807) is 22.3 Å². The van der Waals surface area contributed by atoms with Crippen molar-refractivity contribution in [2.45, 2.75) is 13.2 Å². The third-order valence-electron chi connectivity index (χ3n) is 3.97. The van der Waals surface area contributed by atoms with Gasteiger partial charge >= 0.3 is 0 Å².